The van der Waals surface area contributed by atoms with Gasteiger partial charge in [0.05, 0.1) is 0 Å². The number of para-hydroxylation sites is 1. The van der Waals surface area contributed by atoms with Crippen molar-refractivity contribution in [3.63, 3.8) is 0 Å². The second-order valence-electron chi connectivity index (χ2n) is 4.45. The van der Waals surface area contributed by atoms with Gasteiger partial charge in [0, 0.05) is 24.7 Å². The average molecular weight is 200 g/mol. The monoisotopic (exact) mass is 200 g/mol. The molecule has 1 atom stereocenters. The van der Waals surface area contributed by atoms with Crippen LogP contribution in [-0.2, 0) is 6.42 Å². The Balaban J connectivity index is 2.02. The van der Waals surface area contributed by atoms with Crippen molar-refractivity contribution in [2.45, 2.75) is 32.2 Å². The van der Waals surface area contributed by atoms with Crippen LogP contribution in [-0.4, -0.2) is 18.4 Å². The molecule has 0 N–H and O–H groups in total. The van der Waals surface area contributed by atoms with Gasteiger partial charge in [0.25, 0.3) is 0 Å². The van der Waals surface area contributed by atoms with Gasteiger partial charge in [-0.25, -0.2) is 0 Å². The third-order valence-electron chi connectivity index (χ3n) is 3.34. The number of fused-ring (bicyclic) bond motifs is 1. The summed E-state index contributed by atoms with van der Waals surface area (Å²) < 4.78 is 0. The Labute approximate surface area is 90.6 Å². The fourth-order valence-electron chi connectivity index (χ4n) is 2.68. The van der Waals surface area contributed by atoms with Gasteiger partial charge in [-0.1, -0.05) is 18.2 Å². The van der Waals surface area contributed by atoms with Crippen molar-refractivity contribution in [3.8, 4) is 0 Å². The molecular weight excluding hydrogens is 184 g/mol. The predicted molar refractivity (Wildman–Crippen MR) is 63.6 cm³/mol. The molecule has 0 saturated heterocycles. The lowest BCUT2D eigenvalue weighted by molar-refractivity contribution is 0.767. The molecule has 0 spiro atoms. The highest BCUT2D eigenvalue weighted by Crippen LogP contribution is 2.33. The van der Waals surface area contributed by atoms with Gasteiger partial charge >= 0.3 is 0 Å². The van der Waals surface area contributed by atoms with Gasteiger partial charge in [-0.05, 0) is 31.4 Å². The minimum absolute atomic E-state index is 0.583. The van der Waals surface area contributed by atoms with E-state index in [2.05, 4.69) is 41.1 Å². The maximum atomic E-state index is 4.61. The van der Waals surface area contributed by atoms with Gasteiger partial charge in [0.2, 0.25) is 0 Å². The highest BCUT2D eigenvalue weighted by molar-refractivity contribution is 6.00. The summed E-state index contributed by atoms with van der Waals surface area (Å²) in [5, 5.41) is 0. The van der Waals surface area contributed by atoms with E-state index >= 15 is 0 Å². The normalized spacial score (nSPS) is 24.2. The molecule has 2 heterocycles. The van der Waals surface area contributed by atoms with Gasteiger partial charge in [-0.15, -0.1) is 0 Å². The molecule has 15 heavy (non-hydrogen) atoms. The standard InChI is InChI=1S/C13H16N2/c1-10-9-11-5-2-3-6-12(11)15(10)13-7-4-8-14-13/h2-3,5-6,10H,4,7-9H2,1H3. The summed E-state index contributed by atoms with van der Waals surface area (Å²) in [6, 6.07) is 9.30. The topological polar surface area (TPSA) is 15.6 Å². The Hall–Kier alpha value is -1.31. The Kier molecular flexibility index (Phi) is 2.01. The molecule has 0 amide bonds. The van der Waals surface area contributed by atoms with Crippen LogP contribution in [0.3, 0.4) is 0 Å². The molecule has 0 aromatic heterocycles. The number of anilines is 1. The summed E-state index contributed by atoms with van der Waals surface area (Å²) in [7, 11) is 0. The summed E-state index contributed by atoms with van der Waals surface area (Å²) in [6.45, 7) is 3.31. The Morgan fingerprint density at radius 1 is 1.33 bits per heavy atom. The maximum absolute atomic E-state index is 4.61. The van der Waals surface area contributed by atoms with Crippen molar-refractivity contribution in [2.24, 2.45) is 4.99 Å². The van der Waals surface area contributed by atoms with Crippen LogP contribution in [0.2, 0.25) is 0 Å². The SMILES string of the molecule is CC1Cc2ccccc2N1C1=NCCC1. The van der Waals surface area contributed by atoms with E-state index in [0.29, 0.717) is 6.04 Å². The number of hydrogen-bond acceptors (Lipinski definition) is 2. The third-order valence-corrected chi connectivity index (χ3v) is 3.34. The maximum Gasteiger partial charge on any atom is 0.104 e. The van der Waals surface area contributed by atoms with Crippen molar-refractivity contribution in [2.75, 3.05) is 11.4 Å². The van der Waals surface area contributed by atoms with Crippen molar-refractivity contribution in [3.05, 3.63) is 29.8 Å². The number of hydrogen-bond donors (Lipinski definition) is 0. The highest BCUT2D eigenvalue weighted by Gasteiger charge is 2.29. The number of rotatable bonds is 0. The van der Waals surface area contributed by atoms with Gasteiger partial charge < -0.3 is 4.90 Å². The first kappa shape index (κ1) is 8.96. The summed E-state index contributed by atoms with van der Waals surface area (Å²) in [5.74, 6) is 1.30. The lowest BCUT2D eigenvalue weighted by Gasteiger charge is -2.24. The quantitative estimate of drug-likeness (QED) is 0.628. The van der Waals surface area contributed by atoms with E-state index in [1.54, 1.807) is 0 Å². The molecule has 1 aromatic rings. The predicted octanol–water partition coefficient (Wildman–Crippen LogP) is 2.63. The van der Waals surface area contributed by atoms with Crippen LogP contribution in [0.1, 0.15) is 25.3 Å². The van der Waals surface area contributed by atoms with Crippen LogP contribution in [0.15, 0.2) is 29.3 Å². The Morgan fingerprint density at radius 2 is 2.20 bits per heavy atom. The van der Waals surface area contributed by atoms with Crippen LogP contribution in [0.4, 0.5) is 5.69 Å². The molecule has 78 valence electrons. The van der Waals surface area contributed by atoms with Gasteiger partial charge in [0.15, 0.2) is 0 Å². The van der Waals surface area contributed by atoms with E-state index in [4.69, 9.17) is 0 Å². The zero-order valence-corrected chi connectivity index (χ0v) is 9.11. The number of nitrogens with zero attached hydrogens (tertiary/aromatic N) is 2. The molecule has 3 rings (SSSR count). The lowest BCUT2D eigenvalue weighted by atomic mass is 10.1. The minimum Gasteiger partial charge on any atom is -0.327 e. The summed E-state index contributed by atoms with van der Waals surface area (Å²) >= 11 is 0. The van der Waals surface area contributed by atoms with Gasteiger partial charge in [-0.3, -0.25) is 4.99 Å². The van der Waals surface area contributed by atoms with E-state index in [1.165, 1.54) is 23.5 Å². The molecule has 1 unspecified atom stereocenters. The zero-order valence-electron chi connectivity index (χ0n) is 9.11. The number of amidine groups is 1. The Bertz CT molecular complexity index is 409. The molecule has 1 aromatic carbocycles. The molecule has 2 aliphatic rings. The first-order chi connectivity index (χ1) is 7.36. The third kappa shape index (κ3) is 1.36. The molecule has 2 aliphatic heterocycles. The first-order valence-corrected chi connectivity index (χ1v) is 5.77. The largest absolute Gasteiger partial charge is 0.327 e. The fourth-order valence-corrected chi connectivity index (χ4v) is 2.68. The summed E-state index contributed by atoms with van der Waals surface area (Å²) in [6.07, 6.45) is 3.54. The van der Waals surface area contributed by atoms with Crippen molar-refractivity contribution in [1.29, 1.82) is 0 Å². The van der Waals surface area contributed by atoms with E-state index in [1.807, 2.05) is 0 Å². The van der Waals surface area contributed by atoms with E-state index in [-0.39, 0.29) is 0 Å². The second-order valence-corrected chi connectivity index (χ2v) is 4.45. The zero-order chi connectivity index (χ0) is 10.3. The summed E-state index contributed by atoms with van der Waals surface area (Å²) in [4.78, 5) is 7.04. The second kappa shape index (κ2) is 3.37. The fraction of sp³-hybridized carbons (Fsp3) is 0.462. The smallest absolute Gasteiger partial charge is 0.104 e. The molecular formula is C13H16N2. The molecule has 0 saturated carbocycles. The van der Waals surface area contributed by atoms with Crippen molar-refractivity contribution >= 4 is 11.5 Å². The van der Waals surface area contributed by atoms with Gasteiger partial charge in [-0.2, -0.15) is 0 Å². The number of benzene rings is 1. The van der Waals surface area contributed by atoms with Gasteiger partial charge in [0.1, 0.15) is 5.84 Å². The molecule has 2 nitrogen and oxygen atoms in total. The van der Waals surface area contributed by atoms with E-state index < -0.39 is 0 Å². The Morgan fingerprint density at radius 3 is 3.00 bits per heavy atom. The molecule has 0 aliphatic carbocycles. The van der Waals surface area contributed by atoms with Crippen molar-refractivity contribution < 1.29 is 0 Å². The molecule has 0 fully saturated rings. The molecule has 2 heteroatoms. The van der Waals surface area contributed by atoms with Crippen LogP contribution in [0, 0.1) is 0 Å². The van der Waals surface area contributed by atoms with Crippen LogP contribution >= 0.6 is 0 Å². The lowest BCUT2D eigenvalue weighted by Crippen LogP contribution is -2.34. The van der Waals surface area contributed by atoms with E-state index in [0.717, 1.165) is 19.4 Å². The minimum atomic E-state index is 0.583. The van der Waals surface area contributed by atoms with Crippen LogP contribution in [0.5, 0.6) is 0 Å². The van der Waals surface area contributed by atoms with Crippen molar-refractivity contribution in [1.82, 2.24) is 0 Å². The molecule has 0 radical (unpaired) electrons. The van der Waals surface area contributed by atoms with Crippen LogP contribution < -0.4 is 4.90 Å². The van der Waals surface area contributed by atoms with Crippen LogP contribution in [0.25, 0.3) is 0 Å². The first-order valence-electron chi connectivity index (χ1n) is 5.77. The number of aliphatic imine (C=N–C) groups is 1. The van der Waals surface area contributed by atoms with E-state index in [9.17, 15) is 0 Å². The highest BCUT2D eigenvalue weighted by atomic mass is 15.2. The molecule has 0 bridgehead atoms. The average Bonchev–Trinajstić information content (AvgIpc) is 2.82. The summed E-state index contributed by atoms with van der Waals surface area (Å²) in [5.41, 5.74) is 2.85.